The van der Waals surface area contributed by atoms with Gasteiger partial charge in [-0.05, 0) is 12.5 Å². The predicted octanol–water partition coefficient (Wildman–Crippen LogP) is 3.02. The molecule has 0 aliphatic rings. The summed E-state index contributed by atoms with van der Waals surface area (Å²) in [6.45, 7) is 5.22. The largest absolute Gasteiger partial charge is 0.378 e. The van der Waals surface area contributed by atoms with Crippen LogP contribution in [0.1, 0.15) is 12.5 Å². The van der Waals surface area contributed by atoms with Crippen molar-refractivity contribution in [2.45, 2.75) is 19.6 Å². The molecule has 0 N–H and O–H groups in total. The first-order valence-corrected chi connectivity index (χ1v) is 7.32. The molecule has 1 aromatic rings. The molecule has 0 radical (unpaired) electrons. The van der Waals surface area contributed by atoms with Crippen molar-refractivity contribution in [1.29, 1.82) is 0 Å². The maximum Gasteiger partial charge on any atom is 0.0781 e. The summed E-state index contributed by atoms with van der Waals surface area (Å²) in [4.78, 5) is 0. The number of halogens is 1. The summed E-state index contributed by atoms with van der Waals surface area (Å²) in [5.74, 6) is 0. The van der Waals surface area contributed by atoms with E-state index in [1.807, 2.05) is 25.1 Å². The summed E-state index contributed by atoms with van der Waals surface area (Å²) in [6, 6.07) is 10.1. The third kappa shape index (κ3) is 7.82. The van der Waals surface area contributed by atoms with Crippen LogP contribution in [0.15, 0.2) is 30.3 Å². The minimum atomic E-state index is 0.0984. The smallest absolute Gasteiger partial charge is 0.0781 e. The number of rotatable bonds is 10. The standard InChI is InChI=1S/C14H21BrO3/c1-13(18-10-9-16-8-7-15)11-17-12-14-5-3-2-4-6-14/h2-6,13H,7-12H2,1H3. The van der Waals surface area contributed by atoms with E-state index in [4.69, 9.17) is 14.2 Å². The minimum Gasteiger partial charge on any atom is -0.378 e. The van der Waals surface area contributed by atoms with Crippen molar-refractivity contribution in [3.8, 4) is 0 Å². The second-order valence-corrected chi connectivity index (χ2v) is 4.78. The van der Waals surface area contributed by atoms with Crippen LogP contribution in [-0.4, -0.2) is 37.9 Å². The van der Waals surface area contributed by atoms with Gasteiger partial charge >= 0.3 is 0 Å². The van der Waals surface area contributed by atoms with E-state index in [0.717, 1.165) is 11.9 Å². The molecule has 0 saturated carbocycles. The highest BCUT2D eigenvalue weighted by atomic mass is 79.9. The summed E-state index contributed by atoms with van der Waals surface area (Å²) in [5.41, 5.74) is 1.19. The molecule has 0 aliphatic carbocycles. The Morgan fingerprint density at radius 1 is 1.06 bits per heavy atom. The lowest BCUT2D eigenvalue weighted by atomic mass is 10.2. The SMILES string of the molecule is CC(COCc1ccccc1)OCCOCCBr. The van der Waals surface area contributed by atoms with Gasteiger partial charge in [0.15, 0.2) is 0 Å². The molecule has 18 heavy (non-hydrogen) atoms. The Kier molecular flexibility index (Phi) is 9.12. The van der Waals surface area contributed by atoms with Gasteiger partial charge in [-0.3, -0.25) is 0 Å². The molecular formula is C14H21BrO3. The molecule has 0 spiro atoms. The zero-order valence-corrected chi connectivity index (χ0v) is 12.4. The van der Waals surface area contributed by atoms with Gasteiger partial charge in [-0.1, -0.05) is 46.3 Å². The number of alkyl halides is 1. The van der Waals surface area contributed by atoms with Crippen LogP contribution in [0.25, 0.3) is 0 Å². The average molecular weight is 317 g/mol. The Hall–Kier alpha value is -0.420. The number of hydrogen-bond acceptors (Lipinski definition) is 3. The molecule has 1 atom stereocenters. The molecule has 0 aliphatic heterocycles. The number of hydrogen-bond donors (Lipinski definition) is 0. The minimum absolute atomic E-state index is 0.0984. The van der Waals surface area contributed by atoms with Crippen LogP contribution in [0, 0.1) is 0 Å². The molecule has 1 unspecified atom stereocenters. The molecule has 0 bridgehead atoms. The van der Waals surface area contributed by atoms with Gasteiger partial charge < -0.3 is 14.2 Å². The molecular weight excluding hydrogens is 296 g/mol. The molecule has 0 amide bonds. The third-order valence-electron chi connectivity index (χ3n) is 2.32. The van der Waals surface area contributed by atoms with E-state index >= 15 is 0 Å². The molecule has 3 nitrogen and oxygen atoms in total. The highest BCUT2D eigenvalue weighted by Crippen LogP contribution is 2.02. The Morgan fingerprint density at radius 3 is 2.56 bits per heavy atom. The topological polar surface area (TPSA) is 27.7 Å². The first kappa shape index (κ1) is 15.6. The van der Waals surface area contributed by atoms with Crippen LogP contribution in [0.5, 0.6) is 0 Å². The second-order valence-electron chi connectivity index (χ2n) is 3.98. The van der Waals surface area contributed by atoms with E-state index in [9.17, 15) is 0 Å². The molecule has 0 heterocycles. The molecule has 1 rings (SSSR count). The van der Waals surface area contributed by atoms with Gasteiger partial charge in [-0.2, -0.15) is 0 Å². The van der Waals surface area contributed by atoms with E-state index in [1.165, 1.54) is 5.56 Å². The molecule has 0 aromatic heterocycles. The third-order valence-corrected chi connectivity index (χ3v) is 2.64. The van der Waals surface area contributed by atoms with Gasteiger partial charge in [-0.15, -0.1) is 0 Å². The fourth-order valence-electron chi connectivity index (χ4n) is 1.43. The van der Waals surface area contributed by atoms with Crippen LogP contribution in [-0.2, 0) is 20.8 Å². The van der Waals surface area contributed by atoms with Crippen molar-refractivity contribution in [2.24, 2.45) is 0 Å². The van der Waals surface area contributed by atoms with Gasteiger partial charge in [0.1, 0.15) is 0 Å². The van der Waals surface area contributed by atoms with Gasteiger partial charge in [0.05, 0.1) is 39.1 Å². The monoisotopic (exact) mass is 316 g/mol. The first-order valence-electron chi connectivity index (χ1n) is 6.20. The van der Waals surface area contributed by atoms with Crippen molar-refractivity contribution >= 4 is 15.9 Å². The van der Waals surface area contributed by atoms with Crippen LogP contribution >= 0.6 is 15.9 Å². The van der Waals surface area contributed by atoms with Crippen LogP contribution in [0.4, 0.5) is 0 Å². The van der Waals surface area contributed by atoms with Crippen molar-refractivity contribution in [2.75, 3.05) is 31.8 Å². The maximum atomic E-state index is 5.59. The van der Waals surface area contributed by atoms with E-state index in [0.29, 0.717) is 26.4 Å². The zero-order valence-electron chi connectivity index (χ0n) is 10.8. The normalized spacial score (nSPS) is 12.6. The Morgan fingerprint density at radius 2 is 1.83 bits per heavy atom. The second kappa shape index (κ2) is 10.5. The van der Waals surface area contributed by atoms with Gasteiger partial charge in [0.2, 0.25) is 0 Å². The number of benzene rings is 1. The summed E-state index contributed by atoms with van der Waals surface area (Å²) in [6.07, 6.45) is 0.0984. The van der Waals surface area contributed by atoms with E-state index < -0.39 is 0 Å². The Balaban J connectivity index is 1.98. The maximum absolute atomic E-state index is 5.59. The molecule has 0 fully saturated rings. The van der Waals surface area contributed by atoms with Gasteiger partial charge in [0.25, 0.3) is 0 Å². The summed E-state index contributed by atoms with van der Waals surface area (Å²) >= 11 is 3.30. The summed E-state index contributed by atoms with van der Waals surface area (Å²) in [5, 5.41) is 0.864. The summed E-state index contributed by atoms with van der Waals surface area (Å²) < 4.78 is 16.4. The van der Waals surface area contributed by atoms with Crippen molar-refractivity contribution in [3.05, 3.63) is 35.9 Å². The molecule has 1 aromatic carbocycles. The van der Waals surface area contributed by atoms with Gasteiger partial charge in [0, 0.05) is 5.33 Å². The molecule has 4 heteroatoms. The van der Waals surface area contributed by atoms with Crippen molar-refractivity contribution < 1.29 is 14.2 Å². The highest BCUT2D eigenvalue weighted by molar-refractivity contribution is 9.09. The van der Waals surface area contributed by atoms with Crippen molar-refractivity contribution in [1.82, 2.24) is 0 Å². The summed E-state index contributed by atoms with van der Waals surface area (Å²) in [7, 11) is 0. The quantitative estimate of drug-likeness (QED) is 0.490. The van der Waals surface area contributed by atoms with Crippen LogP contribution in [0.2, 0.25) is 0 Å². The fourth-order valence-corrected chi connectivity index (χ4v) is 1.66. The molecule has 0 saturated heterocycles. The lowest BCUT2D eigenvalue weighted by Gasteiger charge is -2.13. The lowest BCUT2D eigenvalue weighted by Crippen LogP contribution is -2.19. The molecule has 102 valence electrons. The van der Waals surface area contributed by atoms with Crippen LogP contribution < -0.4 is 0 Å². The zero-order chi connectivity index (χ0) is 13.1. The van der Waals surface area contributed by atoms with Crippen molar-refractivity contribution in [3.63, 3.8) is 0 Å². The highest BCUT2D eigenvalue weighted by Gasteiger charge is 2.02. The van der Waals surface area contributed by atoms with E-state index in [-0.39, 0.29) is 6.10 Å². The first-order chi connectivity index (χ1) is 8.83. The lowest BCUT2D eigenvalue weighted by molar-refractivity contribution is -0.0318. The van der Waals surface area contributed by atoms with Crippen LogP contribution in [0.3, 0.4) is 0 Å². The van der Waals surface area contributed by atoms with E-state index in [2.05, 4.69) is 28.1 Å². The fraction of sp³-hybridized carbons (Fsp3) is 0.571. The van der Waals surface area contributed by atoms with E-state index in [1.54, 1.807) is 0 Å². The number of ether oxygens (including phenoxy) is 3. The Bertz CT molecular complexity index is 292. The van der Waals surface area contributed by atoms with Gasteiger partial charge in [-0.25, -0.2) is 0 Å². The average Bonchev–Trinajstić information content (AvgIpc) is 2.40. The Labute approximate surface area is 118 Å². The predicted molar refractivity (Wildman–Crippen MR) is 76.1 cm³/mol.